The van der Waals surface area contributed by atoms with Crippen LogP contribution in [0.5, 0.6) is 0 Å². The number of aromatic carboxylic acids is 1. The molecule has 5 nitrogen and oxygen atoms in total. The number of carboxylic acids is 1. The molecule has 1 aromatic carbocycles. The Morgan fingerprint density at radius 2 is 1.92 bits per heavy atom. The maximum absolute atomic E-state index is 14.2. The highest BCUT2D eigenvalue weighted by atomic mass is 35.5. The van der Waals surface area contributed by atoms with Crippen LogP contribution in [0.15, 0.2) is 12.1 Å². The predicted molar refractivity (Wildman–Crippen MR) is 92.6 cm³/mol. The van der Waals surface area contributed by atoms with E-state index < -0.39 is 17.4 Å². The van der Waals surface area contributed by atoms with Gasteiger partial charge in [-0.15, -0.1) is 0 Å². The van der Waals surface area contributed by atoms with Crippen molar-refractivity contribution in [3.8, 4) is 0 Å². The molecular formula is C18H23ClFNO4. The molecule has 1 aliphatic heterocycles. The molecule has 2 rings (SSSR count). The van der Waals surface area contributed by atoms with Crippen molar-refractivity contribution in [3.05, 3.63) is 34.1 Å². The molecule has 0 unspecified atom stereocenters. The molecule has 0 aromatic heterocycles. The van der Waals surface area contributed by atoms with E-state index in [0.29, 0.717) is 25.1 Å². The van der Waals surface area contributed by atoms with Crippen molar-refractivity contribution in [3.63, 3.8) is 0 Å². The number of benzene rings is 1. The van der Waals surface area contributed by atoms with Crippen LogP contribution in [0, 0.1) is 11.7 Å². The minimum absolute atomic E-state index is 0.131. The summed E-state index contributed by atoms with van der Waals surface area (Å²) in [5.41, 5.74) is -0.357. The van der Waals surface area contributed by atoms with Gasteiger partial charge < -0.3 is 14.7 Å². The molecular weight excluding hydrogens is 349 g/mol. The van der Waals surface area contributed by atoms with Crippen molar-refractivity contribution in [2.75, 3.05) is 13.1 Å². The lowest BCUT2D eigenvalue weighted by atomic mass is 9.89. The number of carbonyl (C=O) groups excluding carboxylic acids is 1. The summed E-state index contributed by atoms with van der Waals surface area (Å²) >= 11 is 6.06. The molecule has 1 fully saturated rings. The molecule has 0 saturated carbocycles. The first-order valence-electron chi connectivity index (χ1n) is 8.26. The first-order valence-corrected chi connectivity index (χ1v) is 8.64. The second kappa shape index (κ2) is 7.60. The SMILES string of the molecule is CC(C)(C)OC(=O)N1CCC(Cc2c(F)cc(C(=O)O)cc2Cl)CC1. The highest BCUT2D eigenvalue weighted by Crippen LogP contribution is 2.29. The van der Waals surface area contributed by atoms with Crippen LogP contribution in [0.4, 0.5) is 9.18 Å². The minimum atomic E-state index is -1.21. The molecule has 1 amide bonds. The highest BCUT2D eigenvalue weighted by molar-refractivity contribution is 6.31. The first kappa shape index (κ1) is 19.5. The number of halogens is 2. The van der Waals surface area contributed by atoms with E-state index in [9.17, 15) is 14.0 Å². The molecule has 1 saturated heterocycles. The molecule has 25 heavy (non-hydrogen) atoms. The molecule has 1 aliphatic rings. The Balaban J connectivity index is 1.96. The Labute approximate surface area is 151 Å². The first-order chi connectivity index (χ1) is 11.6. The molecule has 1 N–H and O–H groups in total. The molecule has 0 spiro atoms. The van der Waals surface area contributed by atoms with Gasteiger partial charge in [-0.2, -0.15) is 0 Å². The molecule has 7 heteroatoms. The quantitative estimate of drug-likeness (QED) is 0.856. The molecule has 1 heterocycles. The van der Waals surface area contributed by atoms with E-state index in [1.165, 1.54) is 6.07 Å². The smallest absolute Gasteiger partial charge is 0.410 e. The van der Waals surface area contributed by atoms with E-state index >= 15 is 0 Å². The lowest BCUT2D eigenvalue weighted by molar-refractivity contribution is 0.0184. The van der Waals surface area contributed by atoms with Crippen LogP contribution in [0.25, 0.3) is 0 Å². The fraction of sp³-hybridized carbons (Fsp3) is 0.556. The lowest BCUT2D eigenvalue weighted by Gasteiger charge is -2.33. The Hall–Kier alpha value is -1.82. The molecule has 0 radical (unpaired) electrons. The topological polar surface area (TPSA) is 66.8 Å². The minimum Gasteiger partial charge on any atom is -0.478 e. The number of likely N-dealkylation sites (tertiary alicyclic amines) is 1. The number of nitrogens with zero attached hydrogens (tertiary/aromatic N) is 1. The van der Waals surface area contributed by atoms with Crippen molar-refractivity contribution < 1.29 is 23.8 Å². The van der Waals surface area contributed by atoms with Gasteiger partial charge in [-0.25, -0.2) is 14.0 Å². The van der Waals surface area contributed by atoms with Crippen molar-refractivity contribution in [1.82, 2.24) is 4.90 Å². The zero-order valence-corrected chi connectivity index (χ0v) is 15.4. The number of carboxylic acid groups (broad SMARTS) is 1. The van der Waals surface area contributed by atoms with Crippen LogP contribution in [0.1, 0.15) is 49.5 Å². The monoisotopic (exact) mass is 371 g/mol. The third-order valence-electron chi connectivity index (χ3n) is 4.15. The summed E-state index contributed by atoms with van der Waals surface area (Å²) in [6.07, 6.45) is 1.53. The van der Waals surface area contributed by atoms with Gasteiger partial charge in [0.1, 0.15) is 11.4 Å². The highest BCUT2D eigenvalue weighted by Gasteiger charge is 2.28. The summed E-state index contributed by atoms with van der Waals surface area (Å²) in [5, 5.41) is 9.06. The third-order valence-corrected chi connectivity index (χ3v) is 4.48. The van der Waals surface area contributed by atoms with Crippen molar-refractivity contribution in [2.24, 2.45) is 5.92 Å². The van der Waals surface area contributed by atoms with E-state index in [4.69, 9.17) is 21.4 Å². The zero-order chi connectivity index (χ0) is 18.8. The fourth-order valence-corrected chi connectivity index (χ4v) is 3.14. The molecule has 0 bridgehead atoms. The summed E-state index contributed by atoms with van der Waals surface area (Å²) in [6, 6.07) is 2.28. The molecule has 0 atom stereocenters. The van der Waals surface area contributed by atoms with Gasteiger partial charge in [0, 0.05) is 23.7 Å². The molecule has 0 aliphatic carbocycles. The van der Waals surface area contributed by atoms with Gasteiger partial charge in [-0.05, 0) is 58.1 Å². The number of hydrogen-bond donors (Lipinski definition) is 1. The lowest BCUT2D eigenvalue weighted by Crippen LogP contribution is -2.42. The molecule has 1 aromatic rings. The second-order valence-corrected chi connectivity index (χ2v) is 7.75. The number of carbonyl (C=O) groups is 2. The number of ether oxygens (including phenoxy) is 1. The summed E-state index contributed by atoms with van der Waals surface area (Å²) in [7, 11) is 0. The van der Waals surface area contributed by atoms with E-state index in [1.807, 2.05) is 20.8 Å². The fourth-order valence-electron chi connectivity index (χ4n) is 2.86. The van der Waals surface area contributed by atoms with E-state index in [-0.39, 0.29) is 22.6 Å². The summed E-state index contributed by atoms with van der Waals surface area (Å²) in [4.78, 5) is 24.6. The van der Waals surface area contributed by atoms with Crippen LogP contribution in [-0.4, -0.2) is 40.8 Å². The molecule has 138 valence electrons. The van der Waals surface area contributed by atoms with Crippen molar-refractivity contribution in [2.45, 2.75) is 45.6 Å². The number of amides is 1. The Kier molecular flexibility index (Phi) is 5.93. The van der Waals surface area contributed by atoms with Crippen LogP contribution in [-0.2, 0) is 11.2 Å². The maximum atomic E-state index is 14.2. The van der Waals surface area contributed by atoms with Gasteiger partial charge >= 0.3 is 12.1 Å². The van der Waals surface area contributed by atoms with Crippen molar-refractivity contribution >= 4 is 23.7 Å². The van der Waals surface area contributed by atoms with Gasteiger partial charge in [0.05, 0.1) is 5.56 Å². The average molecular weight is 372 g/mol. The normalized spacial score (nSPS) is 16.0. The standard InChI is InChI=1S/C18H23ClFNO4/c1-18(2,3)25-17(24)21-6-4-11(5-7-21)8-13-14(19)9-12(16(22)23)10-15(13)20/h9-11H,4-8H2,1-3H3,(H,22,23). The maximum Gasteiger partial charge on any atom is 0.410 e. The summed E-state index contributed by atoms with van der Waals surface area (Å²) < 4.78 is 19.5. The van der Waals surface area contributed by atoms with E-state index in [0.717, 1.165) is 18.9 Å². The van der Waals surface area contributed by atoms with Gasteiger partial charge in [0.2, 0.25) is 0 Å². The zero-order valence-electron chi connectivity index (χ0n) is 14.6. The number of hydrogen-bond acceptors (Lipinski definition) is 3. The van der Waals surface area contributed by atoms with Crippen LogP contribution < -0.4 is 0 Å². The Bertz CT molecular complexity index is 641. The summed E-state index contributed by atoms with van der Waals surface area (Å²) in [5.74, 6) is -1.63. The van der Waals surface area contributed by atoms with Gasteiger partial charge in [-0.3, -0.25) is 0 Å². The summed E-state index contributed by atoms with van der Waals surface area (Å²) in [6.45, 7) is 6.56. The van der Waals surface area contributed by atoms with Gasteiger partial charge in [0.15, 0.2) is 0 Å². The third kappa shape index (κ3) is 5.33. The Morgan fingerprint density at radius 1 is 1.32 bits per heavy atom. The van der Waals surface area contributed by atoms with E-state index in [1.54, 1.807) is 4.90 Å². The van der Waals surface area contributed by atoms with E-state index in [2.05, 4.69) is 0 Å². The van der Waals surface area contributed by atoms with Gasteiger partial charge in [-0.1, -0.05) is 11.6 Å². The van der Waals surface area contributed by atoms with Gasteiger partial charge in [0.25, 0.3) is 0 Å². The number of piperidine rings is 1. The second-order valence-electron chi connectivity index (χ2n) is 7.34. The largest absolute Gasteiger partial charge is 0.478 e. The van der Waals surface area contributed by atoms with Crippen LogP contribution >= 0.6 is 11.6 Å². The van der Waals surface area contributed by atoms with Crippen LogP contribution in [0.3, 0.4) is 0 Å². The average Bonchev–Trinajstić information content (AvgIpc) is 2.49. The Morgan fingerprint density at radius 3 is 2.40 bits per heavy atom. The van der Waals surface area contributed by atoms with Crippen LogP contribution in [0.2, 0.25) is 5.02 Å². The van der Waals surface area contributed by atoms with Crippen molar-refractivity contribution in [1.29, 1.82) is 0 Å². The predicted octanol–water partition coefficient (Wildman–Crippen LogP) is 4.37. The number of rotatable bonds is 3.